The van der Waals surface area contributed by atoms with Crippen molar-refractivity contribution >= 4 is 29.1 Å². The van der Waals surface area contributed by atoms with Gasteiger partial charge in [-0.1, -0.05) is 70.9 Å². The number of rotatable bonds is 20. The molecule has 14 nitrogen and oxygen atoms in total. The summed E-state index contributed by atoms with van der Waals surface area (Å²) in [5, 5.41) is 26.0. The van der Waals surface area contributed by atoms with E-state index in [1.165, 1.54) is 11.3 Å². The average Bonchev–Trinajstić information content (AvgIpc) is 3.67. The topological polar surface area (TPSA) is 187 Å². The van der Waals surface area contributed by atoms with Crippen molar-refractivity contribution in [3.63, 3.8) is 0 Å². The minimum absolute atomic E-state index is 0.0342. The van der Waals surface area contributed by atoms with Gasteiger partial charge in [0.25, 0.3) is 5.91 Å². The van der Waals surface area contributed by atoms with Gasteiger partial charge >= 0.3 is 0 Å². The number of ether oxygens (including phenoxy) is 1. The van der Waals surface area contributed by atoms with E-state index in [1.807, 2.05) is 24.9 Å². The molecule has 0 saturated carbocycles. The molecule has 0 spiro atoms. The zero-order valence-electron chi connectivity index (χ0n) is 33.9. The third kappa shape index (κ3) is 11.8. The molecule has 7 atom stereocenters. The largest absolute Gasteiger partial charge is 0.508 e. The minimum Gasteiger partial charge on any atom is -0.508 e. The molecule has 0 radical (unpaired) electrons. The van der Waals surface area contributed by atoms with Crippen molar-refractivity contribution < 1.29 is 24.2 Å². The Kier molecular flexibility index (Phi) is 17.1. The second-order valence-corrected chi connectivity index (χ2v) is 16.5. The van der Waals surface area contributed by atoms with E-state index in [9.17, 15) is 19.5 Å². The van der Waals surface area contributed by atoms with E-state index in [0.29, 0.717) is 49.7 Å². The molecule has 7 unspecified atom stereocenters. The van der Waals surface area contributed by atoms with Gasteiger partial charge in [-0.3, -0.25) is 24.7 Å². The lowest BCUT2D eigenvalue weighted by Gasteiger charge is -2.40. The number of nitrogens with zero attached hydrogens (tertiary/aromatic N) is 5. The number of aromatic hydroxyl groups is 1. The summed E-state index contributed by atoms with van der Waals surface area (Å²) in [6.45, 7) is 14.8. The summed E-state index contributed by atoms with van der Waals surface area (Å²) in [7, 11) is 1.99. The molecule has 1 aliphatic heterocycles. The smallest absolute Gasteiger partial charge is 0.270 e. The molecule has 2 heterocycles. The summed E-state index contributed by atoms with van der Waals surface area (Å²) < 4.78 is 6.45. The zero-order chi connectivity index (χ0) is 40.1. The normalized spacial score (nSPS) is 21.1. The lowest BCUT2D eigenvalue weighted by atomic mass is 9.80. The van der Waals surface area contributed by atoms with Crippen LogP contribution in [0.3, 0.4) is 0 Å². The monoisotopic (exact) mass is 783 g/mol. The van der Waals surface area contributed by atoms with E-state index in [1.54, 1.807) is 17.5 Å². The number of nitrogens with one attached hydrogen (secondary N) is 3. The number of aromatic nitrogens is 1. The Morgan fingerprint density at radius 1 is 1.16 bits per heavy atom. The van der Waals surface area contributed by atoms with Crippen LogP contribution >= 0.6 is 11.3 Å². The maximum absolute atomic E-state index is 14.6. The number of likely N-dealkylation sites (tertiary alicyclic amines) is 1. The van der Waals surface area contributed by atoms with Crippen LogP contribution in [0.15, 0.2) is 34.0 Å². The maximum atomic E-state index is 14.6. The first-order valence-electron chi connectivity index (χ1n) is 20.3. The van der Waals surface area contributed by atoms with E-state index in [4.69, 9.17) is 15.6 Å². The van der Waals surface area contributed by atoms with Crippen LogP contribution in [0.2, 0.25) is 0 Å². The predicted octanol–water partition coefficient (Wildman–Crippen LogP) is 5.64. The molecule has 1 aromatic carbocycles. The fourth-order valence-electron chi connectivity index (χ4n) is 7.94. The number of fused-ring (bicyclic) bond motifs is 1. The number of carbonyl (C=O) groups is 3. The van der Waals surface area contributed by atoms with Crippen molar-refractivity contribution in [2.45, 2.75) is 136 Å². The van der Waals surface area contributed by atoms with Gasteiger partial charge in [-0.2, -0.15) is 0 Å². The van der Waals surface area contributed by atoms with Gasteiger partial charge < -0.3 is 31.2 Å². The highest BCUT2D eigenvalue weighted by Gasteiger charge is 2.38. The van der Waals surface area contributed by atoms with Gasteiger partial charge in [0.1, 0.15) is 28.6 Å². The zero-order valence-corrected chi connectivity index (χ0v) is 34.7. The van der Waals surface area contributed by atoms with Gasteiger partial charge in [0.2, 0.25) is 11.8 Å². The van der Waals surface area contributed by atoms with Gasteiger partial charge in [0.15, 0.2) is 0 Å². The second-order valence-electron chi connectivity index (χ2n) is 15.6. The fraction of sp³-hybridized carbons (Fsp3) is 0.700. The number of benzene rings is 1. The number of phenolic OH excluding ortho intramolecular Hbond substituents is 1. The molecule has 55 heavy (non-hydrogen) atoms. The number of nitrogens with two attached hydrogens (primary N) is 1. The third-order valence-electron chi connectivity index (χ3n) is 11.2. The SMILES string of the molecule is CCCOC(CC(C(C)C)N(CCC)C(=O)C(NC(=O)C1CCCCN1C)C(C)CC)c1nc(C(=O)NC2Cc3ccc(O)cc3C(CNN=NN)C2)cs1. The van der Waals surface area contributed by atoms with E-state index >= 15 is 0 Å². The van der Waals surface area contributed by atoms with E-state index < -0.39 is 12.1 Å². The third-order valence-corrected chi connectivity index (χ3v) is 12.1. The quantitative estimate of drug-likeness (QED) is 0.0644. The molecular formula is C40H65N9O5S. The van der Waals surface area contributed by atoms with Gasteiger partial charge in [0.05, 0.1) is 6.04 Å². The first-order chi connectivity index (χ1) is 26.4. The number of phenols is 1. The Morgan fingerprint density at radius 3 is 2.62 bits per heavy atom. The van der Waals surface area contributed by atoms with Crippen LogP contribution in [-0.4, -0.2) is 95.1 Å². The van der Waals surface area contributed by atoms with E-state index in [-0.39, 0.29) is 59.4 Å². The molecule has 0 bridgehead atoms. The summed E-state index contributed by atoms with van der Waals surface area (Å²) in [6, 6.07) is 4.09. The van der Waals surface area contributed by atoms with E-state index in [2.05, 4.69) is 66.0 Å². The second kappa shape index (κ2) is 21.5. The first-order valence-corrected chi connectivity index (χ1v) is 21.1. The Labute approximate surface area is 331 Å². The maximum Gasteiger partial charge on any atom is 0.270 e. The molecule has 4 rings (SSSR count). The lowest BCUT2D eigenvalue weighted by Crippen LogP contribution is -2.58. The first kappa shape index (κ1) is 43.9. The molecule has 3 amide bonds. The minimum atomic E-state index is -0.635. The van der Waals surface area contributed by atoms with Gasteiger partial charge in [-0.05, 0) is 87.2 Å². The van der Waals surface area contributed by atoms with Gasteiger partial charge in [-0.25, -0.2) is 4.98 Å². The van der Waals surface area contributed by atoms with Crippen molar-refractivity contribution in [2.75, 3.05) is 33.3 Å². The summed E-state index contributed by atoms with van der Waals surface area (Å²) in [5.74, 6) is 4.98. The Hall–Kier alpha value is -3.82. The number of thiazole rings is 1. The predicted molar refractivity (Wildman–Crippen MR) is 215 cm³/mol. The van der Waals surface area contributed by atoms with Crippen LogP contribution in [0.4, 0.5) is 0 Å². The summed E-state index contributed by atoms with van der Waals surface area (Å²) in [6.07, 6.45) is 6.52. The molecule has 15 heteroatoms. The molecule has 2 aromatic rings. The highest BCUT2D eigenvalue weighted by atomic mass is 32.1. The van der Waals surface area contributed by atoms with Crippen molar-refractivity contribution in [1.82, 2.24) is 30.8 Å². The summed E-state index contributed by atoms with van der Waals surface area (Å²) >= 11 is 1.39. The molecule has 1 saturated heterocycles. The number of hydrogen-bond acceptors (Lipinski definition) is 10. The summed E-state index contributed by atoms with van der Waals surface area (Å²) in [4.78, 5) is 50.9. The number of amides is 3. The van der Waals surface area contributed by atoms with Crippen LogP contribution in [0.5, 0.6) is 5.75 Å². The standard InChI is InChI=1S/C40H65N9O5S/c1-8-16-49(40(53)36(26(6)10-3)45-38(52)33-13-11-12-17-48(33)7)34(25(4)5)22-35(54-18-9-2)39-44-32(24-55-39)37(51)43-29-19-27-14-15-30(50)21-31(27)28(20-29)23-42-47-46-41/h14-15,21,24-26,28-29,33-36,50H,8-13,16-20,22-23H2,1-7H3,(H2,41,47)(H,42,46)(H,43,51)(H,45,52). The summed E-state index contributed by atoms with van der Waals surface area (Å²) in [5.41, 5.74) is 5.22. The number of carbonyl (C=O) groups excluding carboxylic acids is 3. The average molecular weight is 784 g/mol. The van der Waals surface area contributed by atoms with Crippen molar-refractivity contribution in [3.8, 4) is 5.75 Å². The molecule has 1 fully saturated rings. The van der Waals surface area contributed by atoms with Crippen molar-refractivity contribution in [2.24, 2.45) is 28.1 Å². The lowest BCUT2D eigenvalue weighted by molar-refractivity contribution is -0.143. The van der Waals surface area contributed by atoms with E-state index in [0.717, 1.165) is 56.2 Å². The molecule has 6 N–H and O–H groups in total. The molecular weight excluding hydrogens is 719 g/mol. The highest BCUT2D eigenvalue weighted by molar-refractivity contribution is 7.09. The number of likely N-dealkylation sites (N-methyl/N-ethyl adjacent to an activating group) is 1. The van der Waals surface area contributed by atoms with Crippen LogP contribution in [0, 0.1) is 11.8 Å². The Bertz CT molecular complexity index is 1570. The van der Waals surface area contributed by atoms with Gasteiger partial charge in [-0.15, -0.1) is 11.3 Å². The highest BCUT2D eigenvalue weighted by Crippen LogP contribution is 2.35. The van der Waals surface area contributed by atoms with Crippen molar-refractivity contribution in [1.29, 1.82) is 0 Å². The molecule has 1 aliphatic carbocycles. The molecule has 306 valence electrons. The Morgan fingerprint density at radius 2 is 1.95 bits per heavy atom. The number of piperidine rings is 1. The fourth-order valence-corrected chi connectivity index (χ4v) is 8.80. The van der Waals surface area contributed by atoms with Crippen LogP contribution in [0.25, 0.3) is 0 Å². The Balaban J connectivity index is 1.53. The molecule has 2 aliphatic rings. The molecule has 1 aromatic heterocycles. The van der Waals surface area contributed by atoms with Crippen LogP contribution in [0.1, 0.15) is 132 Å². The van der Waals surface area contributed by atoms with Crippen LogP contribution in [-0.2, 0) is 20.7 Å². The van der Waals surface area contributed by atoms with Crippen LogP contribution < -0.4 is 21.9 Å². The van der Waals surface area contributed by atoms with Gasteiger partial charge in [0, 0.05) is 49.5 Å². The number of hydrogen-bond donors (Lipinski definition) is 5. The van der Waals surface area contributed by atoms with Crippen molar-refractivity contribution in [3.05, 3.63) is 45.4 Å².